The third-order valence-corrected chi connectivity index (χ3v) is 3.05. The molecular formula is C14H17ClFN3. The maximum Gasteiger partial charge on any atom is 0.143 e. The fourth-order valence-corrected chi connectivity index (χ4v) is 1.75. The Morgan fingerprint density at radius 3 is 2.68 bits per heavy atom. The van der Waals surface area contributed by atoms with E-state index in [2.05, 4.69) is 31.2 Å². The lowest BCUT2D eigenvalue weighted by molar-refractivity contribution is 0.355. The summed E-state index contributed by atoms with van der Waals surface area (Å²) in [5.74, 6) is -0.419. The van der Waals surface area contributed by atoms with Crippen molar-refractivity contribution < 1.29 is 4.39 Å². The maximum atomic E-state index is 13.3. The molecule has 0 bridgehead atoms. The SMILES string of the molecule is CC(C)(C)n1cc(CNc2ccc(Cl)c(F)c2)cn1. The Hall–Kier alpha value is -1.55. The van der Waals surface area contributed by atoms with Gasteiger partial charge in [0, 0.05) is 24.0 Å². The molecule has 1 aromatic heterocycles. The average molecular weight is 282 g/mol. The number of benzene rings is 1. The van der Waals surface area contributed by atoms with E-state index in [1.54, 1.807) is 6.07 Å². The molecule has 1 N–H and O–H groups in total. The van der Waals surface area contributed by atoms with Crippen LogP contribution >= 0.6 is 11.6 Å². The highest BCUT2D eigenvalue weighted by Crippen LogP contribution is 2.19. The number of halogens is 2. The number of rotatable bonds is 3. The highest BCUT2D eigenvalue weighted by molar-refractivity contribution is 6.30. The molecular weight excluding hydrogens is 265 g/mol. The molecule has 0 saturated heterocycles. The molecule has 0 atom stereocenters. The lowest BCUT2D eigenvalue weighted by atomic mass is 10.1. The zero-order chi connectivity index (χ0) is 14.0. The summed E-state index contributed by atoms with van der Waals surface area (Å²) >= 11 is 5.64. The van der Waals surface area contributed by atoms with E-state index in [1.165, 1.54) is 12.1 Å². The minimum absolute atomic E-state index is 0.0371. The normalized spacial score (nSPS) is 11.6. The largest absolute Gasteiger partial charge is 0.381 e. The quantitative estimate of drug-likeness (QED) is 0.920. The number of nitrogens with one attached hydrogen (secondary N) is 1. The average Bonchev–Trinajstić information content (AvgIpc) is 2.79. The molecule has 1 heterocycles. The predicted molar refractivity (Wildman–Crippen MR) is 76.0 cm³/mol. The van der Waals surface area contributed by atoms with Crippen molar-refractivity contribution in [2.75, 3.05) is 5.32 Å². The van der Waals surface area contributed by atoms with Crippen LogP contribution < -0.4 is 5.32 Å². The van der Waals surface area contributed by atoms with Gasteiger partial charge in [-0.25, -0.2) is 4.39 Å². The van der Waals surface area contributed by atoms with E-state index in [0.29, 0.717) is 12.2 Å². The van der Waals surface area contributed by atoms with Crippen LogP contribution in [0.3, 0.4) is 0 Å². The third-order valence-electron chi connectivity index (χ3n) is 2.74. The van der Waals surface area contributed by atoms with Gasteiger partial charge >= 0.3 is 0 Å². The van der Waals surface area contributed by atoms with E-state index in [1.807, 2.05) is 17.1 Å². The van der Waals surface area contributed by atoms with Gasteiger partial charge in [0.2, 0.25) is 0 Å². The summed E-state index contributed by atoms with van der Waals surface area (Å²) in [6, 6.07) is 4.67. The van der Waals surface area contributed by atoms with E-state index < -0.39 is 5.82 Å². The molecule has 19 heavy (non-hydrogen) atoms. The standard InChI is InChI=1S/C14H17ClFN3/c1-14(2,3)19-9-10(8-18-19)7-17-11-4-5-12(15)13(16)6-11/h4-6,8-9,17H,7H2,1-3H3. The Kier molecular flexibility index (Phi) is 3.80. The number of aromatic nitrogens is 2. The molecule has 0 aliphatic rings. The van der Waals surface area contributed by atoms with Crippen molar-refractivity contribution in [2.24, 2.45) is 0 Å². The minimum atomic E-state index is -0.419. The fraction of sp³-hybridized carbons (Fsp3) is 0.357. The summed E-state index contributed by atoms with van der Waals surface area (Å²) in [7, 11) is 0. The topological polar surface area (TPSA) is 29.9 Å². The van der Waals surface area contributed by atoms with E-state index >= 15 is 0 Å². The van der Waals surface area contributed by atoms with Crippen molar-refractivity contribution >= 4 is 17.3 Å². The van der Waals surface area contributed by atoms with Gasteiger partial charge in [0.15, 0.2) is 0 Å². The first-order chi connectivity index (χ1) is 8.86. The second-order valence-electron chi connectivity index (χ2n) is 5.45. The number of anilines is 1. The zero-order valence-electron chi connectivity index (χ0n) is 11.2. The van der Waals surface area contributed by atoms with Gasteiger partial charge in [-0.15, -0.1) is 0 Å². The van der Waals surface area contributed by atoms with Crippen molar-refractivity contribution in [3.63, 3.8) is 0 Å². The van der Waals surface area contributed by atoms with Gasteiger partial charge in [-0.1, -0.05) is 11.6 Å². The number of nitrogens with zero attached hydrogens (tertiary/aromatic N) is 2. The lowest BCUT2D eigenvalue weighted by Gasteiger charge is -2.18. The first kappa shape index (κ1) is 13.9. The monoisotopic (exact) mass is 281 g/mol. The van der Waals surface area contributed by atoms with E-state index in [0.717, 1.165) is 5.56 Å². The highest BCUT2D eigenvalue weighted by Gasteiger charge is 2.13. The Labute approximate surface area is 117 Å². The van der Waals surface area contributed by atoms with E-state index in [4.69, 9.17) is 11.6 Å². The molecule has 1 aromatic carbocycles. The molecule has 3 nitrogen and oxygen atoms in total. The second-order valence-corrected chi connectivity index (χ2v) is 5.85. The molecule has 0 fully saturated rings. The van der Waals surface area contributed by atoms with Gasteiger partial charge in [0.05, 0.1) is 16.8 Å². The smallest absolute Gasteiger partial charge is 0.143 e. The minimum Gasteiger partial charge on any atom is -0.381 e. The molecule has 102 valence electrons. The molecule has 0 aliphatic carbocycles. The van der Waals surface area contributed by atoms with Crippen LogP contribution in [0.5, 0.6) is 0 Å². The molecule has 0 spiro atoms. The van der Waals surface area contributed by atoms with Crippen molar-refractivity contribution in [3.8, 4) is 0 Å². The van der Waals surface area contributed by atoms with Crippen LogP contribution in [0, 0.1) is 5.82 Å². The van der Waals surface area contributed by atoms with E-state index in [-0.39, 0.29) is 10.6 Å². The summed E-state index contributed by atoms with van der Waals surface area (Å²) in [5, 5.41) is 7.59. The summed E-state index contributed by atoms with van der Waals surface area (Å²) in [4.78, 5) is 0. The lowest BCUT2D eigenvalue weighted by Crippen LogP contribution is -2.21. The second kappa shape index (κ2) is 5.21. The van der Waals surface area contributed by atoms with Gasteiger partial charge in [-0.3, -0.25) is 4.68 Å². The van der Waals surface area contributed by atoms with Gasteiger partial charge in [0.25, 0.3) is 0 Å². The molecule has 5 heteroatoms. The molecule has 0 aliphatic heterocycles. The van der Waals surface area contributed by atoms with Crippen LogP contribution in [0.4, 0.5) is 10.1 Å². The molecule has 0 saturated carbocycles. The fourth-order valence-electron chi connectivity index (χ4n) is 1.63. The first-order valence-corrected chi connectivity index (χ1v) is 6.47. The number of hydrogen-bond donors (Lipinski definition) is 1. The maximum absolute atomic E-state index is 13.3. The Morgan fingerprint density at radius 2 is 2.11 bits per heavy atom. The van der Waals surface area contributed by atoms with Crippen molar-refractivity contribution in [1.82, 2.24) is 9.78 Å². The summed E-state index contributed by atoms with van der Waals surface area (Å²) in [6.45, 7) is 6.86. The van der Waals surface area contributed by atoms with Crippen molar-refractivity contribution in [1.29, 1.82) is 0 Å². The first-order valence-electron chi connectivity index (χ1n) is 6.09. The Bertz CT molecular complexity index is 572. The molecule has 2 rings (SSSR count). The summed E-state index contributed by atoms with van der Waals surface area (Å²) in [6.07, 6.45) is 3.80. The Balaban J connectivity index is 2.02. The molecule has 0 unspecified atom stereocenters. The number of hydrogen-bond acceptors (Lipinski definition) is 2. The van der Waals surface area contributed by atoms with Gasteiger partial charge in [-0.2, -0.15) is 5.10 Å². The van der Waals surface area contributed by atoms with Crippen LogP contribution in [-0.4, -0.2) is 9.78 Å². The van der Waals surface area contributed by atoms with Crippen LogP contribution in [-0.2, 0) is 12.1 Å². The van der Waals surface area contributed by atoms with Crippen LogP contribution in [0.2, 0.25) is 5.02 Å². The predicted octanol–water partition coefficient (Wildman–Crippen LogP) is 4.04. The van der Waals surface area contributed by atoms with Crippen LogP contribution in [0.15, 0.2) is 30.6 Å². The Morgan fingerprint density at radius 1 is 1.37 bits per heavy atom. The van der Waals surface area contributed by atoms with Gasteiger partial charge < -0.3 is 5.32 Å². The molecule has 2 aromatic rings. The summed E-state index contributed by atoms with van der Waals surface area (Å²) in [5.41, 5.74) is 1.71. The van der Waals surface area contributed by atoms with Gasteiger partial charge in [-0.05, 0) is 39.0 Å². The third kappa shape index (κ3) is 3.47. The van der Waals surface area contributed by atoms with Crippen molar-refractivity contribution in [2.45, 2.75) is 32.9 Å². The van der Waals surface area contributed by atoms with Crippen LogP contribution in [0.1, 0.15) is 26.3 Å². The van der Waals surface area contributed by atoms with Crippen LogP contribution in [0.25, 0.3) is 0 Å². The zero-order valence-corrected chi connectivity index (χ0v) is 12.0. The van der Waals surface area contributed by atoms with E-state index in [9.17, 15) is 4.39 Å². The molecule has 0 radical (unpaired) electrons. The van der Waals surface area contributed by atoms with Gasteiger partial charge in [0.1, 0.15) is 5.82 Å². The summed E-state index contributed by atoms with van der Waals surface area (Å²) < 4.78 is 15.2. The van der Waals surface area contributed by atoms with Crippen molar-refractivity contribution in [3.05, 3.63) is 47.0 Å². The highest BCUT2D eigenvalue weighted by atomic mass is 35.5. The molecule has 0 amide bonds.